The molecule has 0 aliphatic heterocycles. The van der Waals surface area contributed by atoms with Crippen LogP contribution < -0.4 is 4.74 Å². The zero-order chi connectivity index (χ0) is 11.9. The van der Waals surface area contributed by atoms with E-state index in [1.54, 1.807) is 0 Å². The minimum absolute atomic E-state index is 0.0939. The van der Waals surface area contributed by atoms with Crippen molar-refractivity contribution in [2.24, 2.45) is 0 Å². The van der Waals surface area contributed by atoms with E-state index in [0.29, 0.717) is 6.42 Å². The summed E-state index contributed by atoms with van der Waals surface area (Å²) >= 11 is 0. The third-order valence-corrected chi connectivity index (χ3v) is 2.58. The lowest BCUT2D eigenvalue weighted by atomic mass is 10.1. The van der Waals surface area contributed by atoms with Crippen molar-refractivity contribution >= 4 is 0 Å². The number of ether oxygens (including phenoxy) is 1. The highest BCUT2D eigenvalue weighted by atomic mass is 16.5. The normalized spacial score (nSPS) is 12.1. The predicted molar refractivity (Wildman–Crippen MR) is 68.0 cm³/mol. The molecule has 1 unspecified atom stereocenters. The van der Waals surface area contributed by atoms with Crippen LogP contribution in [0.25, 0.3) is 0 Å². The van der Waals surface area contributed by atoms with E-state index in [0.717, 1.165) is 11.3 Å². The van der Waals surface area contributed by atoms with Crippen LogP contribution in [0.2, 0.25) is 0 Å². The highest BCUT2D eigenvalue weighted by molar-refractivity contribution is 5.24. The number of benzene rings is 2. The van der Waals surface area contributed by atoms with Crippen LogP contribution in [0.15, 0.2) is 60.7 Å². The second kappa shape index (κ2) is 6.06. The maximum absolute atomic E-state index is 9.10. The SMILES string of the molecule is OCCC(Oc1ccccc1)c1ccccc1. The molecule has 0 saturated carbocycles. The summed E-state index contributed by atoms with van der Waals surface area (Å²) in [7, 11) is 0. The lowest BCUT2D eigenvalue weighted by molar-refractivity contribution is 0.156. The van der Waals surface area contributed by atoms with E-state index in [2.05, 4.69) is 0 Å². The van der Waals surface area contributed by atoms with Crippen molar-refractivity contribution in [2.75, 3.05) is 6.61 Å². The zero-order valence-corrected chi connectivity index (χ0v) is 9.62. The summed E-state index contributed by atoms with van der Waals surface area (Å²) in [6.45, 7) is 0.117. The van der Waals surface area contributed by atoms with Crippen LogP contribution >= 0.6 is 0 Å². The van der Waals surface area contributed by atoms with Crippen molar-refractivity contribution < 1.29 is 9.84 Å². The van der Waals surface area contributed by atoms with Crippen LogP contribution in [0, 0.1) is 0 Å². The van der Waals surface area contributed by atoms with Crippen molar-refractivity contribution in [3.63, 3.8) is 0 Å². The highest BCUT2D eigenvalue weighted by Crippen LogP contribution is 2.24. The molecule has 2 aromatic carbocycles. The Kier molecular flexibility index (Phi) is 4.17. The molecule has 0 radical (unpaired) electrons. The molecule has 0 aromatic heterocycles. The van der Waals surface area contributed by atoms with Crippen molar-refractivity contribution in [1.29, 1.82) is 0 Å². The van der Waals surface area contributed by atoms with E-state index in [9.17, 15) is 0 Å². The van der Waals surface area contributed by atoms with Crippen molar-refractivity contribution in [1.82, 2.24) is 0 Å². The Morgan fingerprint density at radius 1 is 0.882 bits per heavy atom. The zero-order valence-electron chi connectivity index (χ0n) is 9.62. The quantitative estimate of drug-likeness (QED) is 0.851. The van der Waals surface area contributed by atoms with Crippen LogP contribution in [0.3, 0.4) is 0 Å². The molecule has 88 valence electrons. The van der Waals surface area contributed by atoms with Gasteiger partial charge in [-0.05, 0) is 17.7 Å². The topological polar surface area (TPSA) is 29.5 Å². The fraction of sp³-hybridized carbons (Fsp3) is 0.200. The smallest absolute Gasteiger partial charge is 0.126 e. The van der Waals surface area contributed by atoms with Crippen LogP contribution in [0.4, 0.5) is 0 Å². The van der Waals surface area contributed by atoms with E-state index in [1.165, 1.54) is 0 Å². The van der Waals surface area contributed by atoms with Gasteiger partial charge in [-0.15, -0.1) is 0 Å². The number of aliphatic hydroxyl groups excluding tert-OH is 1. The van der Waals surface area contributed by atoms with Gasteiger partial charge in [-0.2, -0.15) is 0 Å². The molecule has 17 heavy (non-hydrogen) atoms. The van der Waals surface area contributed by atoms with Gasteiger partial charge in [-0.1, -0.05) is 48.5 Å². The summed E-state index contributed by atoms with van der Waals surface area (Å²) in [6, 6.07) is 19.7. The van der Waals surface area contributed by atoms with E-state index in [-0.39, 0.29) is 12.7 Å². The Morgan fingerprint density at radius 3 is 2.06 bits per heavy atom. The van der Waals surface area contributed by atoms with Crippen molar-refractivity contribution in [3.05, 3.63) is 66.2 Å². The number of para-hydroxylation sites is 1. The van der Waals surface area contributed by atoms with E-state index in [1.807, 2.05) is 60.7 Å². The first-order valence-corrected chi connectivity index (χ1v) is 5.77. The fourth-order valence-corrected chi connectivity index (χ4v) is 1.74. The average molecular weight is 228 g/mol. The van der Waals surface area contributed by atoms with Crippen molar-refractivity contribution in [3.8, 4) is 5.75 Å². The first-order valence-electron chi connectivity index (χ1n) is 5.77. The predicted octanol–water partition coefficient (Wildman–Crippen LogP) is 3.19. The number of hydrogen-bond acceptors (Lipinski definition) is 2. The lowest BCUT2D eigenvalue weighted by Gasteiger charge is -2.18. The first kappa shape index (κ1) is 11.7. The second-order valence-corrected chi connectivity index (χ2v) is 3.84. The van der Waals surface area contributed by atoms with Crippen LogP contribution in [0.5, 0.6) is 5.75 Å². The summed E-state index contributed by atoms with van der Waals surface area (Å²) < 4.78 is 5.88. The molecular weight excluding hydrogens is 212 g/mol. The summed E-state index contributed by atoms with van der Waals surface area (Å²) in [4.78, 5) is 0. The van der Waals surface area contributed by atoms with Gasteiger partial charge in [0.15, 0.2) is 0 Å². The Labute approximate surface area is 101 Å². The van der Waals surface area contributed by atoms with E-state index in [4.69, 9.17) is 9.84 Å². The molecule has 0 aliphatic rings. The number of rotatable bonds is 5. The van der Waals surface area contributed by atoms with Gasteiger partial charge in [-0.25, -0.2) is 0 Å². The Bertz CT molecular complexity index is 425. The molecule has 1 N–H and O–H groups in total. The highest BCUT2D eigenvalue weighted by Gasteiger charge is 2.12. The Hall–Kier alpha value is -1.80. The van der Waals surface area contributed by atoms with Gasteiger partial charge in [0.25, 0.3) is 0 Å². The van der Waals surface area contributed by atoms with Gasteiger partial charge in [0.05, 0.1) is 0 Å². The van der Waals surface area contributed by atoms with E-state index >= 15 is 0 Å². The third-order valence-electron chi connectivity index (χ3n) is 2.58. The van der Waals surface area contributed by atoms with Gasteiger partial charge >= 0.3 is 0 Å². The molecule has 1 atom stereocenters. The van der Waals surface area contributed by atoms with Crippen LogP contribution in [-0.2, 0) is 0 Å². The first-order chi connectivity index (χ1) is 8.40. The fourth-order valence-electron chi connectivity index (χ4n) is 1.74. The molecule has 0 bridgehead atoms. The van der Waals surface area contributed by atoms with Gasteiger partial charge < -0.3 is 9.84 Å². The molecule has 2 heteroatoms. The Balaban J connectivity index is 2.13. The standard InChI is InChI=1S/C15H16O2/c16-12-11-15(13-7-3-1-4-8-13)17-14-9-5-2-6-10-14/h1-10,15-16H,11-12H2. The Morgan fingerprint density at radius 2 is 1.47 bits per heavy atom. The molecule has 0 saturated heterocycles. The molecule has 0 fully saturated rings. The monoisotopic (exact) mass is 228 g/mol. The lowest BCUT2D eigenvalue weighted by Crippen LogP contribution is -2.09. The third kappa shape index (κ3) is 3.33. The van der Waals surface area contributed by atoms with Gasteiger partial charge in [0, 0.05) is 13.0 Å². The summed E-state index contributed by atoms with van der Waals surface area (Å²) in [6.07, 6.45) is 0.502. The molecule has 0 aliphatic carbocycles. The summed E-state index contributed by atoms with van der Waals surface area (Å²) in [5.74, 6) is 0.829. The van der Waals surface area contributed by atoms with Crippen LogP contribution in [-0.4, -0.2) is 11.7 Å². The van der Waals surface area contributed by atoms with Gasteiger partial charge in [0.1, 0.15) is 11.9 Å². The minimum atomic E-state index is -0.0939. The second-order valence-electron chi connectivity index (χ2n) is 3.84. The molecule has 2 nitrogen and oxygen atoms in total. The van der Waals surface area contributed by atoms with Gasteiger partial charge in [-0.3, -0.25) is 0 Å². The molecule has 2 rings (SSSR count). The average Bonchev–Trinajstić information content (AvgIpc) is 2.40. The van der Waals surface area contributed by atoms with Crippen LogP contribution in [0.1, 0.15) is 18.1 Å². The van der Waals surface area contributed by atoms with Gasteiger partial charge in [0.2, 0.25) is 0 Å². The minimum Gasteiger partial charge on any atom is -0.486 e. The molecule has 0 spiro atoms. The maximum atomic E-state index is 9.10. The largest absolute Gasteiger partial charge is 0.486 e. The summed E-state index contributed by atoms with van der Waals surface area (Å²) in [5, 5.41) is 9.10. The molecular formula is C15H16O2. The molecule has 0 heterocycles. The van der Waals surface area contributed by atoms with Crippen molar-refractivity contribution in [2.45, 2.75) is 12.5 Å². The number of aliphatic hydroxyl groups is 1. The maximum Gasteiger partial charge on any atom is 0.126 e. The molecule has 2 aromatic rings. The number of hydrogen-bond donors (Lipinski definition) is 1. The van der Waals surface area contributed by atoms with E-state index < -0.39 is 0 Å². The molecule has 0 amide bonds. The summed E-state index contributed by atoms with van der Waals surface area (Å²) in [5.41, 5.74) is 1.09.